The average molecular weight is 426 g/mol. The number of rotatable bonds is 6. The minimum absolute atomic E-state index is 0.0810. The van der Waals surface area contributed by atoms with E-state index < -0.39 is 32.1 Å². The molecule has 6 nitrogen and oxygen atoms in total. The molecule has 0 saturated heterocycles. The Morgan fingerprint density at radius 3 is 2.43 bits per heavy atom. The highest BCUT2D eigenvalue weighted by Crippen LogP contribution is 2.18. The van der Waals surface area contributed by atoms with Gasteiger partial charge in [0.2, 0.25) is 10.0 Å². The Bertz CT molecular complexity index is 1170. The van der Waals surface area contributed by atoms with Crippen LogP contribution in [-0.4, -0.2) is 24.7 Å². The molecule has 3 rings (SSSR count). The molecule has 1 N–H and O–H groups in total. The number of nitrogens with zero attached hydrogens (tertiary/aromatic N) is 2. The van der Waals surface area contributed by atoms with E-state index in [1.807, 2.05) is 0 Å². The highest BCUT2D eigenvalue weighted by atomic mass is 35.5. The number of benzene rings is 2. The van der Waals surface area contributed by atoms with E-state index in [9.17, 15) is 22.0 Å². The Balaban J connectivity index is 1.74. The van der Waals surface area contributed by atoms with Gasteiger partial charge in [-0.05, 0) is 30.3 Å². The van der Waals surface area contributed by atoms with Crippen molar-refractivity contribution in [1.29, 1.82) is 0 Å². The predicted molar refractivity (Wildman–Crippen MR) is 100 cm³/mol. The lowest BCUT2D eigenvalue weighted by Crippen LogP contribution is -2.32. The highest BCUT2D eigenvalue weighted by Gasteiger charge is 2.19. The maximum atomic E-state index is 13.7. The minimum atomic E-state index is -4.21. The highest BCUT2D eigenvalue weighted by molar-refractivity contribution is 7.89. The summed E-state index contributed by atoms with van der Waals surface area (Å²) in [6, 6.07) is 11.8. The molecule has 10 heteroatoms. The second kappa shape index (κ2) is 8.17. The van der Waals surface area contributed by atoms with E-state index in [2.05, 4.69) is 9.82 Å². The van der Waals surface area contributed by atoms with Crippen LogP contribution >= 0.6 is 11.6 Å². The first kappa shape index (κ1) is 20.1. The second-order valence-electron chi connectivity index (χ2n) is 5.76. The summed E-state index contributed by atoms with van der Waals surface area (Å²) in [6.07, 6.45) is 0. The largest absolute Gasteiger partial charge is 0.268 e. The zero-order valence-electron chi connectivity index (χ0n) is 14.3. The molecule has 0 radical (unpaired) electrons. The molecule has 0 unspecified atom stereocenters. The number of sulfonamides is 1. The van der Waals surface area contributed by atoms with Crippen LogP contribution in [0.4, 0.5) is 8.78 Å². The molecule has 0 aliphatic carbocycles. The first-order valence-electron chi connectivity index (χ1n) is 8.05. The maximum absolute atomic E-state index is 13.7. The maximum Gasteiger partial charge on any atom is 0.266 e. The molecule has 0 spiro atoms. The summed E-state index contributed by atoms with van der Waals surface area (Å²) in [4.78, 5) is 11.3. The molecule has 3 aromatic rings. The lowest BCUT2D eigenvalue weighted by molar-refractivity contribution is 0.532. The number of nitrogens with one attached hydrogen (secondary N) is 1. The van der Waals surface area contributed by atoms with Crippen molar-refractivity contribution in [1.82, 2.24) is 14.5 Å². The summed E-state index contributed by atoms with van der Waals surface area (Å²) in [5, 5.41) is 4.75. The fraction of sp³-hybridized carbons (Fsp3) is 0.111. The van der Waals surface area contributed by atoms with Gasteiger partial charge in [-0.1, -0.05) is 23.7 Å². The van der Waals surface area contributed by atoms with Crippen molar-refractivity contribution in [3.8, 4) is 11.3 Å². The van der Waals surface area contributed by atoms with E-state index in [4.69, 9.17) is 11.6 Å². The fourth-order valence-electron chi connectivity index (χ4n) is 2.44. The van der Waals surface area contributed by atoms with Gasteiger partial charge >= 0.3 is 0 Å². The van der Waals surface area contributed by atoms with Gasteiger partial charge in [0.05, 0.1) is 12.2 Å². The van der Waals surface area contributed by atoms with Crippen molar-refractivity contribution < 1.29 is 17.2 Å². The van der Waals surface area contributed by atoms with Gasteiger partial charge in [-0.25, -0.2) is 26.6 Å². The van der Waals surface area contributed by atoms with Crippen LogP contribution in [0.25, 0.3) is 11.3 Å². The van der Waals surface area contributed by atoms with Crippen LogP contribution in [0, 0.1) is 11.6 Å². The van der Waals surface area contributed by atoms with Crippen LogP contribution in [0.3, 0.4) is 0 Å². The van der Waals surface area contributed by atoms with Crippen LogP contribution in [0.15, 0.2) is 64.3 Å². The number of halogens is 3. The molecule has 1 heterocycles. The third-order valence-electron chi connectivity index (χ3n) is 3.81. The lowest BCUT2D eigenvalue weighted by Gasteiger charge is -2.10. The summed E-state index contributed by atoms with van der Waals surface area (Å²) < 4.78 is 54.2. The number of hydrogen-bond donors (Lipinski definition) is 1. The first-order chi connectivity index (χ1) is 13.3. The molecule has 146 valence electrons. The topological polar surface area (TPSA) is 81.1 Å². The van der Waals surface area contributed by atoms with Crippen LogP contribution in [0.5, 0.6) is 0 Å². The van der Waals surface area contributed by atoms with E-state index in [1.165, 1.54) is 6.07 Å². The molecular formula is C18H14ClF2N3O3S. The summed E-state index contributed by atoms with van der Waals surface area (Å²) in [5.41, 5.74) is 0.806. The lowest BCUT2D eigenvalue weighted by atomic mass is 10.1. The van der Waals surface area contributed by atoms with E-state index in [-0.39, 0.29) is 13.1 Å². The van der Waals surface area contributed by atoms with Gasteiger partial charge < -0.3 is 0 Å². The molecule has 2 aromatic carbocycles. The van der Waals surface area contributed by atoms with Crippen LogP contribution in [0.2, 0.25) is 5.02 Å². The van der Waals surface area contributed by atoms with Crippen molar-refractivity contribution in [3.63, 3.8) is 0 Å². The zero-order valence-corrected chi connectivity index (χ0v) is 15.8. The first-order valence-corrected chi connectivity index (χ1v) is 9.91. The van der Waals surface area contributed by atoms with Gasteiger partial charge in [0.15, 0.2) is 0 Å². The predicted octanol–water partition coefficient (Wildman–Crippen LogP) is 2.82. The molecule has 0 saturated carbocycles. The average Bonchev–Trinajstić information content (AvgIpc) is 2.63. The fourth-order valence-corrected chi connectivity index (χ4v) is 3.64. The van der Waals surface area contributed by atoms with E-state index >= 15 is 0 Å². The van der Waals surface area contributed by atoms with Gasteiger partial charge in [0.1, 0.15) is 16.5 Å². The minimum Gasteiger partial charge on any atom is -0.268 e. The Hall–Kier alpha value is -2.62. The molecular weight excluding hydrogens is 412 g/mol. The Morgan fingerprint density at radius 1 is 1.04 bits per heavy atom. The van der Waals surface area contributed by atoms with Gasteiger partial charge in [-0.15, -0.1) is 0 Å². The molecule has 0 aliphatic rings. The van der Waals surface area contributed by atoms with Crippen LogP contribution < -0.4 is 10.3 Å². The molecule has 0 bridgehead atoms. The van der Waals surface area contributed by atoms with Crippen molar-refractivity contribution in [2.45, 2.75) is 11.4 Å². The molecule has 0 fully saturated rings. The summed E-state index contributed by atoms with van der Waals surface area (Å²) >= 11 is 5.85. The van der Waals surface area contributed by atoms with Gasteiger partial charge in [0, 0.05) is 29.3 Å². The number of hydrogen-bond acceptors (Lipinski definition) is 4. The summed E-state index contributed by atoms with van der Waals surface area (Å²) in [5.74, 6) is -2.08. The van der Waals surface area contributed by atoms with Crippen molar-refractivity contribution in [3.05, 3.63) is 81.6 Å². The van der Waals surface area contributed by atoms with Crippen molar-refractivity contribution in [2.75, 3.05) is 6.54 Å². The third-order valence-corrected chi connectivity index (χ3v) is 5.55. The van der Waals surface area contributed by atoms with E-state index in [0.29, 0.717) is 16.8 Å². The van der Waals surface area contributed by atoms with Crippen LogP contribution in [0.1, 0.15) is 0 Å². The standard InChI is InChI=1S/C18H14ClF2N3O3S/c19-13-3-1-12(2-4-13)16-6-8-18(25)24(23-16)10-9-22-28(26,27)17-7-5-14(20)11-15(17)21/h1-8,11,22H,9-10H2. The third kappa shape index (κ3) is 4.61. The number of aromatic nitrogens is 2. The summed E-state index contributed by atoms with van der Waals surface area (Å²) in [7, 11) is -4.21. The SMILES string of the molecule is O=c1ccc(-c2ccc(Cl)cc2)nn1CCNS(=O)(=O)c1ccc(F)cc1F. The Labute approximate surface area is 164 Å². The molecule has 0 aliphatic heterocycles. The van der Waals surface area contributed by atoms with Gasteiger partial charge in [-0.3, -0.25) is 4.79 Å². The molecule has 0 atom stereocenters. The van der Waals surface area contributed by atoms with E-state index in [1.54, 1.807) is 30.3 Å². The van der Waals surface area contributed by atoms with E-state index in [0.717, 1.165) is 22.4 Å². The quantitative estimate of drug-likeness (QED) is 0.658. The Kier molecular flexibility index (Phi) is 5.87. The van der Waals surface area contributed by atoms with Gasteiger partial charge in [0.25, 0.3) is 5.56 Å². The smallest absolute Gasteiger partial charge is 0.266 e. The normalized spacial score (nSPS) is 11.5. The Morgan fingerprint density at radius 2 is 1.75 bits per heavy atom. The van der Waals surface area contributed by atoms with Crippen LogP contribution in [-0.2, 0) is 16.6 Å². The monoisotopic (exact) mass is 425 g/mol. The van der Waals surface area contributed by atoms with Crippen molar-refractivity contribution in [2.24, 2.45) is 0 Å². The summed E-state index contributed by atoms with van der Waals surface area (Å²) in [6.45, 7) is -0.293. The second-order valence-corrected chi connectivity index (χ2v) is 7.93. The zero-order chi connectivity index (χ0) is 20.3. The molecule has 0 amide bonds. The molecule has 28 heavy (non-hydrogen) atoms. The molecule has 1 aromatic heterocycles. The van der Waals surface area contributed by atoms with Gasteiger partial charge in [-0.2, -0.15) is 5.10 Å². The van der Waals surface area contributed by atoms with Crippen molar-refractivity contribution >= 4 is 21.6 Å².